The second-order valence-electron chi connectivity index (χ2n) is 4.11. The minimum absolute atomic E-state index is 0.236. The Bertz CT molecular complexity index is 813. The van der Waals surface area contributed by atoms with Crippen LogP contribution in [0.5, 0.6) is 0 Å². The Morgan fingerprint density at radius 2 is 1.36 bits per heavy atom. The summed E-state index contributed by atoms with van der Waals surface area (Å²) in [7, 11) is 0. The molecule has 0 aliphatic heterocycles. The van der Waals surface area contributed by atoms with Gasteiger partial charge in [-0.15, -0.1) is 0 Å². The minimum atomic E-state index is -1.76. The highest BCUT2D eigenvalue weighted by Gasteiger charge is 2.32. The van der Waals surface area contributed by atoms with Gasteiger partial charge in [0.15, 0.2) is 0 Å². The lowest BCUT2D eigenvalue weighted by Gasteiger charge is -2.01. The average Bonchev–Trinajstić information content (AvgIpc) is 3.02. The number of carbonyl (C=O) groups is 4. The average molecular weight is 308 g/mol. The highest BCUT2D eigenvalue weighted by atomic mass is 16.4. The van der Waals surface area contributed by atoms with Crippen LogP contribution in [0.15, 0.2) is 12.3 Å². The van der Waals surface area contributed by atoms with E-state index in [2.05, 4.69) is 9.97 Å². The first-order valence-electron chi connectivity index (χ1n) is 5.62. The fraction of sp³-hybridized carbons (Fsp3) is 0. The predicted molar refractivity (Wildman–Crippen MR) is 68.4 cm³/mol. The van der Waals surface area contributed by atoms with Crippen LogP contribution in [0.1, 0.15) is 41.6 Å². The van der Waals surface area contributed by atoms with E-state index < -0.39 is 46.4 Å². The number of aromatic amines is 2. The Kier molecular flexibility index (Phi) is 3.43. The molecule has 0 spiro atoms. The van der Waals surface area contributed by atoms with Gasteiger partial charge >= 0.3 is 23.9 Å². The summed E-state index contributed by atoms with van der Waals surface area (Å²) in [5.41, 5.74) is -3.66. The summed E-state index contributed by atoms with van der Waals surface area (Å²) >= 11 is 0. The number of aromatic carboxylic acids is 4. The van der Waals surface area contributed by atoms with Crippen LogP contribution in [0.2, 0.25) is 0 Å². The maximum Gasteiger partial charge on any atom is 0.353 e. The van der Waals surface area contributed by atoms with Crippen LogP contribution < -0.4 is 0 Å². The van der Waals surface area contributed by atoms with E-state index in [9.17, 15) is 24.3 Å². The monoisotopic (exact) mass is 308 g/mol. The fourth-order valence-electron chi connectivity index (χ4n) is 2.03. The molecule has 0 bridgehead atoms. The van der Waals surface area contributed by atoms with Crippen LogP contribution in [-0.2, 0) is 0 Å². The second-order valence-corrected chi connectivity index (χ2v) is 4.11. The van der Waals surface area contributed by atoms with Gasteiger partial charge in [-0.25, -0.2) is 19.2 Å². The van der Waals surface area contributed by atoms with E-state index in [1.165, 1.54) is 6.20 Å². The summed E-state index contributed by atoms with van der Waals surface area (Å²) in [5.74, 6) is -6.55. The molecular formula is C12H8N2O8. The normalized spacial score (nSPS) is 10.4. The van der Waals surface area contributed by atoms with Crippen LogP contribution in [0.3, 0.4) is 0 Å². The van der Waals surface area contributed by atoms with Crippen LogP contribution >= 0.6 is 0 Å². The summed E-state index contributed by atoms with van der Waals surface area (Å²) in [6.07, 6.45) is 1.20. The molecule has 0 amide bonds. The van der Waals surface area contributed by atoms with Gasteiger partial charge in [0.1, 0.15) is 16.8 Å². The van der Waals surface area contributed by atoms with Crippen molar-refractivity contribution in [3.63, 3.8) is 0 Å². The molecule has 10 nitrogen and oxygen atoms in total. The van der Waals surface area contributed by atoms with Gasteiger partial charge in [-0.2, -0.15) is 0 Å². The molecule has 0 atom stereocenters. The van der Waals surface area contributed by atoms with Crippen molar-refractivity contribution in [3.05, 3.63) is 34.6 Å². The number of carboxylic acid groups (broad SMARTS) is 4. The van der Waals surface area contributed by atoms with E-state index in [0.29, 0.717) is 0 Å². The lowest BCUT2D eigenvalue weighted by molar-refractivity contribution is 0.0634. The SMILES string of the molecule is O=C(O)c1cc[nH]c1-c1[nH]c(C(=O)O)c(C(=O)O)c1C(=O)O. The molecule has 2 heterocycles. The van der Waals surface area contributed by atoms with Gasteiger partial charge in [0.25, 0.3) is 0 Å². The molecule has 2 aromatic heterocycles. The van der Waals surface area contributed by atoms with Gasteiger partial charge in [-0.3, -0.25) is 0 Å². The Morgan fingerprint density at radius 3 is 1.82 bits per heavy atom. The molecule has 0 radical (unpaired) electrons. The van der Waals surface area contributed by atoms with E-state index >= 15 is 0 Å². The molecule has 2 rings (SSSR count). The van der Waals surface area contributed by atoms with Gasteiger partial charge < -0.3 is 30.4 Å². The van der Waals surface area contributed by atoms with Gasteiger partial charge in [-0.05, 0) is 6.07 Å². The minimum Gasteiger partial charge on any atom is -0.478 e. The molecule has 6 N–H and O–H groups in total. The van der Waals surface area contributed by atoms with Crippen molar-refractivity contribution in [1.29, 1.82) is 0 Å². The molecular weight excluding hydrogens is 300 g/mol. The molecule has 0 unspecified atom stereocenters. The largest absolute Gasteiger partial charge is 0.478 e. The smallest absolute Gasteiger partial charge is 0.353 e. The molecule has 10 heteroatoms. The molecule has 2 aromatic rings. The van der Waals surface area contributed by atoms with Crippen molar-refractivity contribution in [2.75, 3.05) is 0 Å². The number of nitrogens with one attached hydrogen (secondary N) is 2. The van der Waals surface area contributed by atoms with Crippen molar-refractivity contribution < 1.29 is 39.6 Å². The summed E-state index contributed by atoms with van der Waals surface area (Å²) in [5, 5.41) is 36.3. The summed E-state index contributed by atoms with van der Waals surface area (Å²) in [6, 6.07) is 1.13. The van der Waals surface area contributed by atoms with Crippen molar-refractivity contribution in [1.82, 2.24) is 9.97 Å². The number of rotatable bonds is 5. The Balaban J connectivity index is 2.87. The maximum atomic E-state index is 11.3. The molecule has 0 aliphatic rings. The Labute approximate surface area is 120 Å². The Hall–Kier alpha value is -3.56. The molecule has 0 fully saturated rings. The van der Waals surface area contributed by atoms with E-state index in [4.69, 9.17) is 15.3 Å². The van der Waals surface area contributed by atoms with Crippen molar-refractivity contribution >= 4 is 23.9 Å². The lowest BCUT2D eigenvalue weighted by Crippen LogP contribution is -2.11. The third-order valence-electron chi connectivity index (χ3n) is 2.87. The van der Waals surface area contributed by atoms with Gasteiger partial charge in [-0.1, -0.05) is 0 Å². The standard InChI is InChI=1S/C12H8N2O8/c15-9(16)3-1-2-13-6(3)7-4(10(17)18)5(11(19)20)8(14-7)12(21)22/h1-2,13-14H,(H,15,16)(H,17,18)(H,19,20)(H,21,22). The first-order valence-corrected chi connectivity index (χ1v) is 5.62. The number of carboxylic acids is 4. The number of aromatic nitrogens is 2. The van der Waals surface area contributed by atoms with E-state index in [-0.39, 0.29) is 11.3 Å². The molecule has 114 valence electrons. The molecule has 0 aliphatic carbocycles. The topological polar surface area (TPSA) is 181 Å². The van der Waals surface area contributed by atoms with Crippen LogP contribution in [0.4, 0.5) is 0 Å². The molecule has 0 saturated carbocycles. The summed E-state index contributed by atoms with van der Waals surface area (Å²) in [6.45, 7) is 0. The lowest BCUT2D eigenvalue weighted by atomic mass is 10.1. The molecule has 22 heavy (non-hydrogen) atoms. The zero-order valence-electron chi connectivity index (χ0n) is 10.6. The summed E-state index contributed by atoms with van der Waals surface area (Å²) in [4.78, 5) is 49.3. The predicted octanol–water partition coefficient (Wildman–Crippen LogP) is 0.803. The molecule has 0 aromatic carbocycles. The third-order valence-corrected chi connectivity index (χ3v) is 2.87. The van der Waals surface area contributed by atoms with Crippen molar-refractivity contribution in [3.8, 4) is 11.4 Å². The van der Waals surface area contributed by atoms with Crippen molar-refractivity contribution in [2.45, 2.75) is 0 Å². The van der Waals surface area contributed by atoms with E-state index in [1.807, 2.05) is 0 Å². The number of hydrogen-bond donors (Lipinski definition) is 6. The van der Waals surface area contributed by atoms with Gasteiger partial charge in [0.2, 0.25) is 0 Å². The van der Waals surface area contributed by atoms with Crippen molar-refractivity contribution in [2.24, 2.45) is 0 Å². The zero-order valence-corrected chi connectivity index (χ0v) is 10.6. The van der Waals surface area contributed by atoms with Crippen LogP contribution in [0.25, 0.3) is 11.4 Å². The van der Waals surface area contributed by atoms with Crippen LogP contribution in [-0.4, -0.2) is 54.3 Å². The van der Waals surface area contributed by atoms with E-state index in [0.717, 1.165) is 6.07 Å². The molecule has 0 saturated heterocycles. The van der Waals surface area contributed by atoms with Gasteiger partial charge in [0, 0.05) is 6.20 Å². The number of hydrogen-bond acceptors (Lipinski definition) is 4. The highest BCUT2D eigenvalue weighted by Crippen LogP contribution is 2.30. The zero-order chi connectivity index (χ0) is 16.6. The number of H-pyrrole nitrogens is 2. The van der Waals surface area contributed by atoms with Crippen LogP contribution in [0, 0.1) is 0 Å². The highest BCUT2D eigenvalue weighted by molar-refractivity contribution is 6.13. The quantitative estimate of drug-likeness (QED) is 0.469. The first kappa shape index (κ1) is 14.8. The fourth-order valence-corrected chi connectivity index (χ4v) is 2.03. The second kappa shape index (κ2) is 5.09. The maximum absolute atomic E-state index is 11.3. The third kappa shape index (κ3) is 2.18. The summed E-state index contributed by atoms with van der Waals surface area (Å²) < 4.78 is 0. The van der Waals surface area contributed by atoms with E-state index in [1.54, 1.807) is 0 Å². The first-order chi connectivity index (χ1) is 10.3. The van der Waals surface area contributed by atoms with Gasteiger partial charge in [0.05, 0.1) is 17.0 Å². The Morgan fingerprint density at radius 1 is 0.773 bits per heavy atom.